The Labute approximate surface area is 200 Å². The standard InChI is InChI=1S/C24H23F3N2O2S2/c1-16-9-4-5-10-17(16)15-20-22(31)29(23(32)33-20)14-8-2-3-13-21(30)28-19-12-7-6-11-18(19)24(25,26)27/h4-7,9-12,15H,2-3,8,13-14H2,1H3,(H,28,30)/b20-15-. The number of anilines is 1. The summed E-state index contributed by atoms with van der Waals surface area (Å²) in [7, 11) is 0. The van der Waals surface area contributed by atoms with Crippen LogP contribution in [-0.4, -0.2) is 27.6 Å². The number of unbranched alkanes of at least 4 members (excludes halogenated alkanes) is 2. The van der Waals surface area contributed by atoms with Crippen molar-refractivity contribution in [2.45, 2.75) is 38.8 Å². The molecular formula is C24H23F3N2O2S2. The molecule has 0 atom stereocenters. The second-order valence-electron chi connectivity index (χ2n) is 7.59. The van der Waals surface area contributed by atoms with Gasteiger partial charge in [0.15, 0.2) is 0 Å². The Bertz CT molecular complexity index is 1080. The van der Waals surface area contributed by atoms with Gasteiger partial charge in [-0.05, 0) is 49.1 Å². The van der Waals surface area contributed by atoms with Crippen LogP contribution in [-0.2, 0) is 15.8 Å². The number of nitrogens with zero attached hydrogens (tertiary/aromatic N) is 1. The molecule has 1 heterocycles. The lowest BCUT2D eigenvalue weighted by Crippen LogP contribution is -2.29. The molecule has 1 fully saturated rings. The van der Waals surface area contributed by atoms with Crippen molar-refractivity contribution >= 4 is 51.9 Å². The third-order valence-electron chi connectivity index (χ3n) is 5.14. The number of para-hydroxylation sites is 1. The fourth-order valence-electron chi connectivity index (χ4n) is 3.37. The first-order chi connectivity index (χ1) is 15.7. The topological polar surface area (TPSA) is 49.4 Å². The molecule has 1 aliphatic heterocycles. The Morgan fingerprint density at radius 3 is 2.52 bits per heavy atom. The SMILES string of the molecule is Cc1ccccc1/C=C1\SC(=S)N(CCCCCC(=O)Nc2ccccc2C(F)(F)F)C1=O. The van der Waals surface area contributed by atoms with Crippen LogP contribution < -0.4 is 5.32 Å². The number of benzene rings is 2. The molecule has 1 N–H and O–H groups in total. The maximum atomic E-state index is 13.0. The van der Waals surface area contributed by atoms with Gasteiger partial charge in [-0.2, -0.15) is 13.2 Å². The van der Waals surface area contributed by atoms with Crippen LogP contribution in [0.4, 0.5) is 18.9 Å². The van der Waals surface area contributed by atoms with Gasteiger partial charge in [-0.15, -0.1) is 0 Å². The molecule has 3 rings (SSSR count). The molecule has 33 heavy (non-hydrogen) atoms. The van der Waals surface area contributed by atoms with E-state index in [0.717, 1.165) is 17.2 Å². The Morgan fingerprint density at radius 1 is 1.09 bits per heavy atom. The Hall–Kier alpha value is -2.65. The average molecular weight is 493 g/mol. The van der Waals surface area contributed by atoms with Crippen molar-refractivity contribution in [3.63, 3.8) is 0 Å². The van der Waals surface area contributed by atoms with E-state index in [9.17, 15) is 22.8 Å². The second-order valence-corrected chi connectivity index (χ2v) is 9.27. The van der Waals surface area contributed by atoms with Crippen LogP contribution in [0.2, 0.25) is 0 Å². The number of nitrogens with one attached hydrogen (secondary N) is 1. The number of hydrogen-bond donors (Lipinski definition) is 1. The fraction of sp³-hybridized carbons (Fsp3) is 0.292. The van der Waals surface area contributed by atoms with Crippen molar-refractivity contribution < 1.29 is 22.8 Å². The molecule has 174 valence electrons. The fourth-order valence-corrected chi connectivity index (χ4v) is 4.67. The van der Waals surface area contributed by atoms with E-state index in [4.69, 9.17) is 12.2 Å². The van der Waals surface area contributed by atoms with Crippen LogP contribution in [0.5, 0.6) is 0 Å². The summed E-state index contributed by atoms with van der Waals surface area (Å²) in [5, 5.41) is 2.34. The lowest BCUT2D eigenvalue weighted by molar-refractivity contribution is -0.137. The molecule has 2 aromatic carbocycles. The molecule has 0 saturated carbocycles. The Kier molecular flexibility index (Phi) is 8.31. The molecule has 0 radical (unpaired) electrons. The van der Waals surface area contributed by atoms with Crippen molar-refractivity contribution in [1.82, 2.24) is 4.90 Å². The highest BCUT2D eigenvalue weighted by Gasteiger charge is 2.33. The van der Waals surface area contributed by atoms with Gasteiger partial charge in [-0.3, -0.25) is 14.5 Å². The Morgan fingerprint density at radius 2 is 1.79 bits per heavy atom. The van der Waals surface area contributed by atoms with Crippen molar-refractivity contribution in [2.24, 2.45) is 0 Å². The van der Waals surface area contributed by atoms with E-state index >= 15 is 0 Å². The van der Waals surface area contributed by atoms with Crippen molar-refractivity contribution in [3.8, 4) is 0 Å². The number of aryl methyl sites for hydroxylation is 1. The number of thiocarbonyl (C=S) groups is 1. The lowest BCUT2D eigenvalue weighted by atomic mass is 10.1. The minimum Gasteiger partial charge on any atom is -0.326 e. The number of amides is 2. The van der Waals surface area contributed by atoms with Gasteiger partial charge in [0.25, 0.3) is 5.91 Å². The van der Waals surface area contributed by atoms with Gasteiger partial charge >= 0.3 is 6.18 Å². The molecular weight excluding hydrogens is 469 g/mol. The summed E-state index contributed by atoms with van der Waals surface area (Å²) >= 11 is 6.62. The molecule has 9 heteroatoms. The van der Waals surface area contributed by atoms with Crippen LogP contribution in [0, 0.1) is 6.92 Å². The molecule has 2 aromatic rings. The summed E-state index contributed by atoms with van der Waals surface area (Å²) in [5.41, 5.74) is 0.925. The lowest BCUT2D eigenvalue weighted by Gasteiger charge is -2.14. The van der Waals surface area contributed by atoms with Gasteiger partial charge < -0.3 is 5.32 Å². The first kappa shape index (κ1) is 25.0. The average Bonchev–Trinajstić information content (AvgIpc) is 3.02. The highest BCUT2D eigenvalue weighted by molar-refractivity contribution is 8.26. The van der Waals surface area contributed by atoms with E-state index in [2.05, 4.69) is 5.32 Å². The zero-order valence-corrected chi connectivity index (χ0v) is 19.6. The van der Waals surface area contributed by atoms with Crippen LogP contribution in [0.25, 0.3) is 6.08 Å². The summed E-state index contributed by atoms with van der Waals surface area (Å²) in [6, 6.07) is 12.7. The second kappa shape index (κ2) is 11.0. The van der Waals surface area contributed by atoms with Gasteiger partial charge in [0, 0.05) is 13.0 Å². The van der Waals surface area contributed by atoms with Crippen LogP contribution in [0.3, 0.4) is 0 Å². The smallest absolute Gasteiger partial charge is 0.326 e. The van der Waals surface area contributed by atoms with E-state index in [0.29, 0.717) is 35.0 Å². The molecule has 0 spiro atoms. The third kappa shape index (κ3) is 6.68. The first-order valence-corrected chi connectivity index (χ1v) is 11.7. The molecule has 1 aliphatic rings. The maximum absolute atomic E-state index is 13.0. The molecule has 0 aliphatic carbocycles. The summed E-state index contributed by atoms with van der Waals surface area (Å²) < 4.78 is 39.6. The molecule has 0 bridgehead atoms. The largest absolute Gasteiger partial charge is 0.418 e. The predicted octanol–water partition coefficient (Wildman–Crippen LogP) is 6.41. The van der Waals surface area contributed by atoms with E-state index in [1.807, 2.05) is 37.3 Å². The number of thioether (sulfide) groups is 1. The quantitative estimate of drug-likeness (QED) is 0.263. The minimum atomic E-state index is -4.53. The van der Waals surface area contributed by atoms with Crippen LogP contribution >= 0.6 is 24.0 Å². The van der Waals surface area contributed by atoms with Gasteiger partial charge in [0.2, 0.25) is 5.91 Å². The number of carbonyl (C=O) groups is 2. The van der Waals surface area contributed by atoms with Crippen LogP contribution in [0.15, 0.2) is 53.4 Å². The van der Waals surface area contributed by atoms with E-state index < -0.39 is 17.6 Å². The van der Waals surface area contributed by atoms with Gasteiger partial charge in [0.05, 0.1) is 16.2 Å². The molecule has 4 nitrogen and oxygen atoms in total. The highest BCUT2D eigenvalue weighted by Crippen LogP contribution is 2.35. The molecule has 1 saturated heterocycles. The Balaban J connectivity index is 1.45. The maximum Gasteiger partial charge on any atom is 0.418 e. The molecule has 0 unspecified atom stereocenters. The van der Waals surface area contributed by atoms with Gasteiger partial charge in [-0.1, -0.05) is 66.8 Å². The number of hydrogen-bond acceptors (Lipinski definition) is 4. The van der Waals surface area contributed by atoms with Crippen molar-refractivity contribution in [2.75, 3.05) is 11.9 Å². The zero-order chi connectivity index (χ0) is 24.0. The van der Waals surface area contributed by atoms with Crippen LogP contribution in [0.1, 0.15) is 42.4 Å². The zero-order valence-electron chi connectivity index (χ0n) is 17.9. The number of alkyl halides is 3. The minimum absolute atomic E-state index is 0.0950. The van der Waals surface area contributed by atoms with Gasteiger partial charge in [-0.25, -0.2) is 0 Å². The van der Waals surface area contributed by atoms with Crippen molar-refractivity contribution in [1.29, 1.82) is 0 Å². The third-order valence-corrected chi connectivity index (χ3v) is 6.52. The van der Waals surface area contributed by atoms with E-state index in [1.54, 1.807) is 4.90 Å². The highest BCUT2D eigenvalue weighted by atomic mass is 32.2. The van der Waals surface area contributed by atoms with Crippen molar-refractivity contribution in [3.05, 3.63) is 70.1 Å². The first-order valence-electron chi connectivity index (χ1n) is 10.4. The summed E-state index contributed by atoms with van der Waals surface area (Å²) in [4.78, 5) is 26.9. The number of halogens is 3. The normalized spacial score (nSPS) is 15.4. The number of rotatable bonds is 8. The summed E-state index contributed by atoms with van der Waals surface area (Å²) in [6.07, 6.45) is -0.822. The van der Waals surface area contributed by atoms with Gasteiger partial charge in [0.1, 0.15) is 4.32 Å². The molecule has 0 aromatic heterocycles. The van der Waals surface area contributed by atoms with E-state index in [-0.39, 0.29) is 18.0 Å². The summed E-state index contributed by atoms with van der Waals surface area (Å²) in [6.45, 7) is 2.42. The molecule has 2 amide bonds. The van der Waals surface area contributed by atoms with E-state index in [1.165, 1.54) is 30.0 Å². The monoisotopic (exact) mass is 492 g/mol. The number of carbonyl (C=O) groups excluding carboxylic acids is 2. The predicted molar refractivity (Wildman–Crippen MR) is 130 cm³/mol. The summed E-state index contributed by atoms with van der Waals surface area (Å²) in [5.74, 6) is -0.603.